The Bertz CT molecular complexity index is 121. The number of thiocarbonyl (C=S) groups is 1. The van der Waals surface area contributed by atoms with Crippen molar-refractivity contribution in [3.63, 3.8) is 0 Å². The summed E-state index contributed by atoms with van der Waals surface area (Å²) < 4.78 is 5.28. The monoisotopic (exact) mass is 191 g/mol. The summed E-state index contributed by atoms with van der Waals surface area (Å²) in [4.78, 5) is 0. The Labute approximate surface area is 78.8 Å². The Kier molecular flexibility index (Phi) is 8.42. The molecule has 0 saturated heterocycles. The average molecular weight is 191 g/mol. The molecule has 72 valence electrons. The molecule has 0 aliphatic carbocycles. The van der Waals surface area contributed by atoms with Gasteiger partial charge in [0, 0.05) is 13.2 Å². The molecule has 0 rings (SSSR count). The number of hydrazine groups is 1. The molecule has 0 saturated carbocycles. The predicted octanol–water partition coefficient (Wildman–Crippen LogP) is 0.141. The zero-order chi connectivity index (χ0) is 9.23. The van der Waals surface area contributed by atoms with Crippen LogP contribution in [0.5, 0.6) is 0 Å². The van der Waals surface area contributed by atoms with Crippen LogP contribution in [0, 0.1) is 0 Å². The van der Waals surface area contributed by atoms with Gasteiger partial charge in [0.1, 0.15) is 0 Å². The van der Waals surface area contributed by atoms with Crippen molar-refractivity contribution in [2.45, 2.75) is 19.8 Å². The predicted molar refractivity (Wildman–Crippen MR) is 53.7 cm³/mol. The number of hydrogen-bond acceptors (Lipinski definition) is 3. The van der Waals surface area contributed by atoms with Gasteiger partial charge in [-0.1, -0.05) is 13.3 Å². The van der Waals surface area contributed by atoms with E-state index in [1.807, 2.05) is 0 Å². The van der Waals surface area contributed by atoms with Gasteiger partial charge in [-0.3, -0.25) is 0 Å². The molecule has 0 aromatic rings. The van der Waals surface area contributed by atoms with Gasteiger partial charge in [-0.2, -0.15) is 0 Å². The lowest BCUT2D eigenvalue weighted by Gasteiger charge is -2.06. The fourth-order valence-corrected chi connectivity index (χ4v) is 0.738. The van der Waals surface area contributed by atoms with Crippen molar-refractivity contribution in [2.24, 2.45) is 5.84 Å². The number of nitrogens with one attached hydrogen (secondary N) is 2. The highest BCUT2D eigenvalue weighted by Gasteiger charge is 1.90. The van der Waals surface area contributed by atoms with E-state index in [1.165, 1.54) is 0 Å². The molecule has 0 aromatic carbocycles. The number of unbranched alkanes of at least 4 members (excludes halogenated alkanes) is 1. The van der Waals surface area contributed by atoms with Crippen LogP contribution in [-0.4, -0.2) is 24.9 Å². The van der Waals surface area contributed by atoms with E-state index >= 15 is 0 Å². The summed E-state index contributed by atoms with van der Waals surface area (Å²) >= 11 is 4.75. The minimum Gasteiger partial charge on any atom is -0.380 e. The van der Waals surface area contributed by atoms with Gasteiger partial charge >= 0.3 is 0 Å². The summed E-state index contributed by atoms with van der Waals surface area (Å²) in [6.07, 6.45) is 2.27. The van der Waals surface area contributed by atoms with Gasteiger partial charge in [0.25, 0.3) is 0 Å². The van der Waals surface area contributed by atoms with Crippen molar-refractivity contribution in [1.29, 1.82) is 0 Å². The van der Waals surface area contributed by atoms with Crippen LogP contribution in [0.3, 0.4) is 0 Å². The lowest BCUT2D eigenvalue weighted by molar-refractivity contribution is 0.136. The second kappa shape index (κ2) is 8.70. The lowest BCUT2D eigenvalue weighted by Crippen LogP contribution is -2.40. The van der Waals surface area contributed by atoms with Crippen molar-refractivity contribution in [2.75, 3.05) is 19.8 Å². The first kappa shape index (κ1) is 11.6. The molecule has 0 heterocycles. The first-order valence-electron chi connectivity index (χ1n) is 4.13. The van der Waals surface area contributed by atoms with Crippen molar-refractivity contribution in [3.8, 4) is 0 Å². The summed E-state index contributed by atoms with van der Waals surface area (Å²) in [6, 6.07) is 0. The Morgan fingerprint density at radius 2 is 2.25 bits per heavy atom. The molecule has 5 heteroatoms. The maximum absolute atomic E-state index is 5.28. The third-order valence-electron chi connectivity index (χ3n) is 1.31. The van der Waals surface area contributed by atoms with Gasteiger partial charge in [-0.15, -0.1) is 0 Å². The van der Waals surface area contributed by atoms with E-state index in [9.17, 15) is 0 Å². The molecule has 0 aromatic heterocycles. The largest absolute Gasteiger partial charge is 0.380 e. The summed E-state index contributed by atoms with van der Waals surface area (Å²) in [5.74, 6) is 5.04. The van der Waals surface area contributed by atoms with E-state index in [2.05, 4.69) is 17.7 Å². The topological polar surface area (TPSA) is 59.3 Å². The maximum Gasteiger partial charge on any atom is 0.180 e. The third kappa shape index (κ3) is 7.71. The Morgan fingerprint density at radius 3 is 2.83 bits per heavy atom. The van der Waals surface area contributed by atoms with Gasteiger partial charge in [0.15, 0.2) is 5.11 Å². The molecular weight excluding hydrogens is 174 g/mol. The third-order valence-corrected chi connectivity index (χ3v) is 1.57. The van der Waals surface area contributed by atoms with Crippen LogP contribution < -0.4 is 16.6 Å². The Balaban J connectivity index is 2.95. The lowest BCUT2D eigenvalue weighted by atomic mass is 10.4. The number of hydrogen-bond donors (Lipinski definition) is 3. The minimum absolute atomic E-state index is 0.453. The van der Waals surface area contributed by atoms with E-state index in [0.717, 1.165) is 19.4 Å². The number of rotatable bonds is 6. The molecule has 0 atom stereocenters. The van der Waals surface area contributed by atoms with Crippen LogP contribution in [0.15, 0.2) is 0 Å². The van der Waals surface area contributed by atoms with Crippen molar-refractivity contribution >= 4 is 17.3 Å². The fraction of sp³-hybridized carbons (Fsp3) is 0.857. The standard InChI is InChI=1S/C7H17N3OS/c1-2-3-5-11-6-4-9-7(12)10-8/h2-6,8H2,1H3,(H2,9,10,12). The highest BCUT2D eigenvalue weighted by atomic mass is 32.1. The smallest absolute Gasteiger partial charge is 0.180 e. The highest BCUT2D eigenvalue weighted by molar-refractivity contribution is 7.80. The first-order chi connectivity index (χ1) is 5.81. The molecule has 0 radical (unpaired) electrons. The Hall–Kier alpha value is -0.390. The second-order valence-electron chi connectivity index (χ2n) is 2.37. The van der Waals surface area contributed by atoms with Crippen LogP contribution in [0.4, 0.5) is 0 Å². The SMILES string of the molecule is CCCCOCCNC(=S)NN. The molecule has 4 nitrogen and oxygen atoms in total. The molecule has 0 spiro atoms. The van der Waals surface area contributed by atoms with Gasteiger partial charge < -0.3 is 15.5 Å². The van der Waals surface area contributed by atoms with Crippen LogP contribution in [0.25, 0.3) is 0 Å². The summed E-state index contributed by atoms with van der Waals surface area (Å²) in [6.45, 7) is 4.32. The Morgan fingerprint density at radius 1 is 1.50 bits per heavy atom. The molecule has 4 N–H and O–H groups in total. The summed E-state index contributed by atoms with van der Waals surface area (Å²) in [5, 5.41) is 3.33. The second-order valence-corrected chi connectivity index (χ2v) is 2.77. The van der Waals surface area contributed by atoms with E-state index < -0.39 is 0 Å². The zero-order valence-electron chi connectivity index (χ0n) is 7.43. The molecule has 12 heavy (non-hydrogen) atoms. The minimum atomic E-state index is 0.453. The quantitative estimate of drug-likeness (QED) is 0.241. The van der Waals surface area contributed by atoms with E-state index in [0.29, 0.717) is 18.3 Å². The van der Waals surface area contributed by atoms with E-state index in [4.69, 9.17) is 22.8 Å². The zero-order valence-corrected chi connectivity index (χ0v) is 8.25. The van der Waals surface area contributed by atoms with Crippen molar-refractivity contribution in [3.05, 3.63) is 0 Å². The molecule has 0 aliphatic rings. The van der Waals surface area contributed by atoms with Crippen molar-refractivity contribution < 1.29 is 4.74 Å². The van der Waals surface area contributed by atoms with Crippen LogP contribution in [0.2, 0.25) is 0 Å². The number of ether oxygens (including phenoxy) is 1. The molecule has 0 unspecified atom stereocenters. The molecular formula is C7H17N3OS. The van der Waals surface area contributed by atoms with Crippen LogP contribution >= 0.6 is 12.2 Å². The van der Waals surface area contributed by atoms with E-state index in [1.54, 1.807) is 0 Å². The fourth-order valence-electron chi connectivity index (χ4n) is 0.636. The maximum atomic E-state index is 5.28. The van der Waals surface area contributed by atoms with Gasteiger partial charge in [-0.05, 0) is 18.6 Å². The van der Waals surface area contributed by atoms with Gasteiger partial charge in [0.2, 0.25) is 0 Å². The van der Waals surface area contributed by atoms with Crippen molar-refractivity contribution in [1.82, 2.24) is 10.7 Å². The molecule has 0 fully saturated rings. The van der Waals surface area contributed by atoms with Crippen LogP contribution in [0.1, 0.15) is 19.8 Å². The highest BCUT2D eigenvalue weighted by Crippen LogP contribution is 1.86. The van der Waals surface area contributed by atoms with Gasteiger partial charge in [0.05, 0.1) is 6.61 Å². The first-order valence-corrected chi connectivity index (χ1v) is 4.54. The summed E-state index contributed by atoms with van der Waals surface area (Å²) in [7, 11) is 0. The molecule has 0 aliphatic heterocycles. The summed E-state index contributed by atoms with van der Waals surface area (Å²) in [5.41, 5.74) is 2.33. The molecule has 0 amide bonds. The van der Waals surface area contributed by atoms with Crippen LogP contribution in [-0.2, 0) is 4.74 Å². The normalized spacial score (nSPS) is 9.50. The van der Waals surface area contributed by atoms with Gasteiger partial charge in [-0.25, -0.2) is 5.84 Å². The number of nitrogens with two attached hydrogens (primary N) is 1. The molecule has 0 bridgehead atoms. The van der Waals surface area contributed by atoms with E-state index in [-0.39, 0.29) is 0 Å². The average Bonchev–Trinajstić information content (AvgIpc) is 2.10.